The molecule has 0 radical (unpaired) electrons. The zero-order valence-electron chi connectivity index (χ0n) is 17.8. The number of pyridine rings is 1. The first-order chi connectivity index (χ1) is 16.1. The Hall–Kier alpha value is -3.45. The lowest BCUT2D eigenvalue weighted by Crippen LogP contribution is -2.44. The topological polar surface area (TPSA) is 62.7 Å². The number of anilines is 1. The number of hydrogen-bond acceptors (Lipinski definition) is 4. The zero-order chi connectivity index (χ0) is 23.2. The van der Waals surface area contributed by atoms with E-state index in [0.29, 0.717) is 31.0 Å². The molecule has 0 aliphatic carbocycles. The second-order valence-corrected chi connectivity index (χ2v) is 8.27. The Morgan fingerprint density at radius 1 is 1.09 bits per heavy atom. The summed E-state index contributed by atoms with van der Waals surface area (Å²) in [5.41, 5.74) is 1.76. The molecule has 1 aliphatic rings. The van der Waals surface area contributed by atoms with Gasteiger partial charge in [-0.1, -0.05) is 41.9 Å². The SMILES string of the molecule is O=CN(c1ccc(Cl)cc1)[C@H](c1ccccc1)C1CCN(C(=O)Oc2cccnc2F)CC1. The van der Waals surface area contributed by atoms with Crippen molar-refractivity contribution in [3.63, 3.8) is 0 Å². The molecule has 2 heterocycles. The fraction of sp³-hybridized carbons (Fsp3) is 0.240. The average molecular weight is 468 g/mol. The van der Waals surface area contributed by atoms with Gasteiger partial charge in [0.25, 0.3) is 5.95 Å². The number of amides is 2. The van der Waals surface area contributed by atoms with E-state index in [9.17, 15) is 14.0 Å². The number of ether oxygens (including phenoxy) is 1. The summed E-state index contributed by atoms with van der Waals surface area (Å²) in [4.78, 5) is 31.5. The van der Waals surface area contributed by atoms with Gasteiger partial charge in [0, 0.05) is 30.0 Å². The summed E-state index contributed by atoms with van der Waals surface area (Å²) in [5.74, 6) is -0.913. The quantitative estimate of drug-likeness (QED) is 0.355. The maximum Gasteiger partial charge on any atom is 0.415 e. The van der Waals surface area contributed by atoms with Crippen LogP contribution in [-0.2, 0) is 4.79 Å². The van der Waals surface area contributed by atoms with Gasteiger partial charge in [-0.25, -0.2) is 9.78 Å². The Balaban J connectivity index is 1.51. The van der Waals surface area contributed by atoms with E-state index in [1.807, 2.05) is 42.5 Å². The summed E-state index contributed by atoms with van der Waals surface area (Å²) in [6.45, 7) is 0.865. The van der Waals surface area contributed by atoms with Crippen LogP contribution in [-0.4, -0.2) is 35.5 Å². The highest BCUT2D eigenvalue weighted by Gasteiger charge is 2.34. The highest BCUT2D eigenvalue weighted by molar-refractivity contribution is 6.30. The Bertz CT molecular complexity index is 1090. The molecule has 0 saturated carbocycles. The maximum atomic E-state index is 13.7. The number of rotatable bonds is 6. The summed E-state index contributed by atoms with van der Waals surface area (Å²) in [6.07, 6.45) is 2.83. The van der Waals surface area contributed by atoms with Crippen LogP contribution >= 0.6 is 11.6 Å². The summed E-state index contributed by atoms with van der Waals surface area (Å²) in [7, 11) is 0. The van der Waals surface area contributed by atoms with Gasteiger partial charge in [0.15, 0.2) is 5.75 Å². The van der Waals surface area contributed by atoms with Gasteiger partial charge < -0.3 is 14.5 Å². The van der Waals surface area contributed by atoms with E-state index >= 15 is 0 Å². The molecule has 3 aromatic rings. The van der Waals surface area contributed by atoms with Crippen LogP contribution in [0.1, 0.15) is 24.4 Å². The first-order valence-corrected chi connectivity index (χ1v) is 11.1. The third-order valence-corrected chi connectivity index (χ3v) is 6.10. The number of aromatic nitrogens is 1. The van der Waals surface area contributed by atoms with Crippen molar-refractivity contribution in [1.82, 2.24) is 9.88 Å². The van der Waals surface area contributed by atoms with E-state index in [0.717, 1.165) is 17.7 Å². The van der Waals surface area contributed by atoms with E-state index in [2.05, 4.69) is 4.98 Å². The van der Waals surface area contributed by atoms with Crippen LogP contribution in [0.3, 0.4) is 0 Å². The van der Waals surface area contributed by atoms with Gasteiger partial charge in [-0.2, -0.15) is 4.39 Å². The molecule has 0 bridgehead atoms. The molecular formula is C25H23ClFN3O3. The monoisotopic (exact) mass is 467 g/mol. The Morgan fingerprint density at radius 3 is 2.42 bits per heavy atom. The first kappa shape index (κ1) is 22.7. The van der Waals surface area contributed by atoms with Gasteiger partial charge in [-0.05, 0) is 60.7 Å². The molecule has 33 heavy (non-hydrogen) atoms. The molecule has 2 aromatic carbocycles. The highest BCUT2D eigenvalue weighted by Crippen LogP contribution is 2.38. The van der Waals surface area contributed by atoms with Crippen molar-refractivity contribution in [2.75, 3.05) is 18.0 Å². The van der Waals surface area contributed by atoms with Crippen molar-refractivity contribution in [2.45, 2.75) is 18.9 Å². The number of likely N-dealkylation sites (tertiary alicyclic amines) is 1. The average Bonchev–Trinajstić information content (AvgIpc) is 2.85. The van der Waals surface area contributed by atoms with Crippen LogP contribution in [0, 0.1) is 11.9 Å². The van der Waals surface area contributed by atoms with Crippen molar-refractivity contribution >= 4 is 29.8 Å². The number of carbonyl (C=O) groups is 2. The molecule has 0 spiro atoms. The Kier molecular flexibility index (Phi) is 7.19. The fourth-order valence-corrected chi connectivity index (χ4v) is 4.34. The van der Waals surface area contributed by atoms with E-state index in [1.165, 1.54) is 18.3 Å². The minimum absolute atomic E-state index is 0.104. The lowest BCUT2D eigenvalue weighted by Gasteiger charge is -2.40. The number of carbonyl (C=O) groups excluding carboxylic acids is 2. The molecule has 1 aliphatic heterocycles. The predicted octanol–water partition coefficient (Wildman–Crippen LogP) is 5.49. The van der Waals surface area contributed by atoms with Gasteiger partial charge in [-0.3, -0.25) is 4.79 Å². The van der Waals surface area contributed by atoms with Gasteiger partial charge in [0.05, 0.1) is 6.04 Å². The van der Waals surface area contributed by atoms with E-state index in [4.69, 9.17) is 16.3 Å². The van der Waals surface area contributed by atoms with Gasteiger partial charge in [0.1, 0.15) is 0 Å². The third-order valence-electron chi connectivity index (χ3n) is 5.85. The van der Waals surface area contributed by atoms with Crippen molar-refractivity contribution in [1.29, 1.82) is 0 Å². The van der Waals surface area contributed by atoms with E-state index in [-0.39, 0.29) is 17.7 Å². The zero-order valence-corrected chi connectivity index (χ0v) is 18.6. The maximum absolute atomic E-state index is 13.7. The molecule has 2 amide bonds. The normalized spacial score (nSPS) is 15.0. The minimum Gasteiger partial charge on any atom is -0.405 e. The molecule has 6 nitrogen and oxygen atoms in total. The third kappa shape index (κ3) is 5.31. The summed E-state index contributed by atoms with van der Waals surface area (Å²) >= 11 is 6.03. The molecule has 8 heteroatoms. The smallest absolute Gasteiger partial charge is 0.405 e. The second kappa shape index (κ2) is 10.4. The van der Waals surface area contributed by atoms with Crippen LogP contribution in [0.5, 0.6) is 5.75 Å². The van der Waals surface area contributed by atoms with Crippen molar-refractivity contribution in [3.05, 3.63) is 89.5 Å². The highest BCUT2D eigenvalue weighted by atomic mass is 35.5. The summed E-state index contributed by atoms with van der Waals surface area (Å²) < 4.78 is 18.9. The van der Waals surface area contributed by atoms with Crippen LogP contribution in [0.4, 0.5) is 14.9 Å². The van der Waals surface area contributed by atoms with Gasteiger partial charge in [-0.15, -0.1) is 0 Å². The fourth-order valence-electron chi connectivity index (χ4n) is 4.21. The Morgan fingerprint density at radius 2 is 1.79 bits per heavy atom. The number of hydrogen-bond donors (Lipinski definition) is 0. The lowest BCUT2D eigenvalue weighted by molar-refractivity contribution is -0.108. The number of benzene rings is 2. The lowest BCUT2D eigenvalue weighted by atomic mass is 9.84. The molecule has 1 saturated heterocycles. The molecular weight excluding hydrogens is 445 g/mol. The standard InChI is InChI=1S/C25H23ClFN3O3/c26-20-8-10-21(11-9-20)30(17-31)23(18-5-2-1-3-6-18)19-12-15-29(16-13-19)25(32)33-22-7-4-14-28-24(22)27/h1-11,14,17,19,23H,12-13,15-16H2/t23-/m1/s1. The molecule has 1 atom stereocenters. The minimum atomic E-state index is -0.825. The summed E-state index contributed by atoms with van der Waals surface area (Å²) in [5, 5.41) is 0.595. The van der Waals surface area contributed by atoms with E-state index < -0.39 is 12.0 Å². The number of nitrogens with zero attached hydrogens (tertiary/aromatic N) is 3. The van der Waals surface area contributed by atoms with E-state index in [1.54, 1.807) is 21.9 Å². The van der Waals surface area contributed by atoms with Crippen molar-refractivity contribution < 1.29 is 18.7 Å². The predicted molar refractivity (Wildman–Crippen MR) is 124 cm³/mol. The second-order valence-electron chi connectivity index (χ2n) is 7.83. The van der Waals surface area contributed by atoms with Crippen molar-refractivity contribution in [3.8, 4) is 5.75 Å². The Labute approximate surface area is 196 Å². The molecule has 4 rings (SSSR count). The molecule has 1 aromatic heterocycles. The van der Waals surface area contributed by atoms with Gasteiger partial charge in [0.2, 0.25) is 6.41 Å². The van der Waals surface area contributed by atoms with Crippen LogP contribution in [0.15, 0.2) is 72.9 Å². The van der Waals surface area contributed by atoms with Crippen LogP contribution < -0.4 is 9.64 Å². The van der Waals surface area contributed by atoms with Crippen LogP contribution in [0.2, 0.25) is 5.02 Å². The van der Waals surface area contributed by atoms with Crippen molar-refractivity contribution in [2.24, 2.45) is 5.92 Å². The van der Waals surface area contributed by atoms with Gasteiger partial charge >= 0.3 is 6.09 Å². The first-order valence-electron chi connectivity index (χ1n) is 10.7. The molecule has 0 unspecified atom stereocenters. The number of piperidine rings is 1. The summed E-state index contributed by atoms with van der Waals surface area (Å²) in [6, 6.07) is 19.7. The van der Waals surface area contributed by atoms with Crippen LogP contribution in [0.25, 0.3) is 0 Å². The largest absolute Gasteiger partial charge is 0.415 e. The molecule has 0 N–H and O–H groups in total. The molecule has 1 fully saturated rings. The molecule has 170 valence electrons. The number of halogens is 2.